The van der Waals surface area contributed by atoms with Crippen molar-refractivity contribution in [1.29, 1.82) is 0 Å². The third-order valence-corrected chi connectivity index (χ3v) is 6.83. The van der Waals surface area contributed by atoms with Gasteiger partial charge in [0.05, 0.1) is 24.7 Å². The minimum atomic E-state index is -1.07. The Morgan fingerprint density at radius 1 is 1.40 bits per heavy atom. The summed E-state index contributed by atoms with van der Waals surface area (Å²) in [7, 11) is 0. The molecule has 5 atom stereocenters. The second kappa shape index (κ2) is 8.67. The summed E-state index contributed by atoms with van der Waals surface area (Å²) in [6.45, 7) is 10.3. The largest absolute Gasteiger partial charge is 0.466 e. The van der Waals surface area contributed by atoms with Crippen LogP contribution in [0.5, 0.6) is 0 Å². The molecule has 8 heteroatoms. The summed E-state index contributed by atoms with van der Waals surface area (Å²) in [4.78, 5) is 43.1. The van der Waals surface area contributed by atoms with Crippen LogP contribution >= 0.6 is 0 Å². The van der Waals surface area contributed by atoms with Gasteiger partial charge in [-0.05, 0) is 33.1 Å². The summed E-state index contributed by atoms with van der Waals surface area (Å²) in [5, 5.41) is 9.60. The molecule has 3 aliphatic rings. The van der Waals surface area contributed by atoms with Gasteiger partial charge in [0.2, 0.25) is 11.8 Å². The van der Waals surface area contributed by atoms with Gasteiger partial charge in [0.15, 0.2) is 0 Å². The van der Waals surface area contributed by atoms with Crippen molar-refractivity contribution >= 4 is 17.8 Å². The fourth-order valence-electron chi connectivity index (χ4n) is 5.61. The van der Waals surface area contributed by atoms with Crippen LogP contribution in [0.4, 0.5) is 0 Å². The zero-order valence-corrected chi connectivity index (χ0v) is 18.3. The minimum Gasteiger partial charge on any atom is -0.466 e. The van der Waals surface area contributed by atoms with Crippen LogP contribution < -0.4 is 0 Å². The van der Waals surface area contributed by atoms with Crippen LogP contribution in [0.2, 0.25) is 0 Å². The van der Waals surface area contributed by atoms with E-state index >= 15 is 0 Å². The first-order chi connectivity index (χ1) is 14.3. The number of unbranched alkanes of at least 4 members (excludes halogenated alkanes) is 1. The number of β-amino-alcohol motifs (C(OH)–C–C–N with tert-alkyl or cyclic N) is 1. The van der Waals surface area contributed by atoms with E-state index in [9.17, 15) is 19.5 Å². The van der Waals surface area contributed by atoms with Crippen LogP contribution in [0.1, 0.15) is 46.5 Å². The first kappa shape index (κ1) is 22.7. The lowest BCUT2D eigenvalue weighted by atomic mass is 9.66. The number of nitrogens with zero attached hydrogens (tertiary/aromatic N) is 2. The van der Waals surface area contributed by atoms with Crippen molar-refractivity contribution in [1.82, 2.24) is 9.80 Å². The summed E-state index contributed by atoms with van der Waals surface area (Å²) in [6.07, 6.45) is 4.53. The molecule has 3 heterocycles. The summed E-state index contributed by atoms with van der Waals surface area (Å²) >= 11 is 0. The second-order valence-corrected chi connectivity index (χ2v) is 8.66. The van der Waals surface area contributed by atoms with Crippen LogP contribution in [-0.4, -0.2) is 82.8 Å². The highest BCUT2D eigenvalue weighted by Crippen LogP contribution is 2.63. The maximum Gasteiger partial charge on any atom is 0.312 e. The monoisotopic (exact) mass is 422 g/mol. The van der Waals surface area contributed by atoms with Crippen LogP contribution in [-0.2, 0) is 23.9 Å². The number of rotatable bonds is 10. The molecule has 0 radical (unpaired) electrons. The van der Waals surface area contributed by atoms with Crippen LogP contribution in [0.25, 0.3) is 0 Å². The van der Waals surface area contributed by atoms with Crippen LogP contribution in [0, 0.1) is 11.8 Å². The van der Waals surface area contributed by atoms with E-state index in [4.69, 9.17) is 9.47 Å². The Morgan fingerprint density at radius 2 is 2.13 bits per heavy atom. The predicted molar refractivity (Wildman–Crippen MR) is 109 cm³/mol. The number of carbonyl (C=O) groups excluding carboxylic acids is 3. The van der Waals surface area contributed by atoms with Gasteiger partial charge in [-0.3, -0.25) is 14.4 Å². The predicted octanol–water partition coefficient (Wildman–Crippen LogP) is 1.12. The van der Waals surface area contributed by atoms with Gasteiger partial charge in [0.1, 0.15) is 17.6 Å². The third kappa shape index (κ3) is 3.34. The fourth-order valence-corrected chi connectivity index (χ4v) is 5.61. The second-order valence-electron chi connectivity index (χ2n) is 8.66. The molecule has 3 saturated heterocycles. The fraction of sp³-hybridized carbons (Fsp3) is 0.773. The highest BCUT2D eigenvalue weighted by atomic mass is 16.6. The number of likely N-dealkylation sites (tertiary alicyclic amines) is 1. The van der Waals surface area contributed by atoms with E-state index in [2.05, 4.69) is 13.5 Å². The van der Waals surface area contributed by atoms with Gasteiger partial charge in [-0.15, -0.1) is 6.58 Å². The molecule has 0 aromatic rings. The molecule has 168 valence electrons. The number of aliphatic hydroxyl groups is 1. The third-order valence-electron chi connectivity index (χ3n) is 6.83. The van der Waals surface area contributed by atoms with E-state index in [-0.39, 0.29) is 31.6 Å². The number of ether oxygens (including phenoxy) is 2. The summed E-state index contributed by atoms with van der Waals surface area (Å²) in [6, 6.07) is -0.861. The Kier molecular flexibility index (Phi) is 6.57. The van der Waals surface area contributed by atoms with Gasteiger partial charge in [-0.25, -0.2) is 0 Å². The molecule has 0 aliphatic carbocycles. The first-order valence-corrected chi connectivity index (χ1v) is 11.0. The molecule has 0 saturated carbocycles. The number of hydrogen-bond donors (Lipinski definition) is 1. The maximum atomic E-state index is 13.7. The molecule has 2 bridgehead atoms. The molecule has 0 aromatic carbocycles. The van der Waals surface area contributed by atoms with E-state index in [0.29, 0.717) is 25.9 Å². The highest BCUT2D eigenvalue weighted by Gasteiger charge is 2.78. The van der Waals surface area contributed by atoms with Gasteiger partial charge in [-0.1, -0.05) is 19.4 Å². The molecule has 2 amide bonds. The molecule has 0 aromatic heterocycles. The number of fused-ring (bicyclic) bond motifs is 1. The van der Waals surface area contributed by atoms with Gasteiger partial charge in [0.25, 0.3) is 0 Å². The quantitative estimate of drug-likeness (QED) is 0.419. The van der Waals surface area contributed by atoms with Crippen molar-refractivity contribution < 1.29 is 29.0 Å². The van der Waals surface area contributed by atoms with Gasteiger partial charge in [-0.2, -0.15) is 0 Å². The topological polar surface area (TPSA) is 96.4 Å². The van der Waals surface area contributed by atoms with E-state index in [1.807, 2.05) is 6.92 Å². The number of esters is 1. The Hall–Kier alpha value is -1.93. The molecule has 3 rings (SSSR count). The van der Waals surface area contributed by atoms with E-state index in [0.717, 1.165) is 12.8 Å². The summed E-state index contributed by atoms with van der Waals surface area (Å²) in [5.74, 6) is -2.49. The van der Waals surface area contributed by atoms with Crippen molar-refractivity contribution in [3.05, 3.63) is 12.7 Å². The van der Waals surface area contributed by atoms with Crippen molar-refractivity contribution in [3.8, 4) is 0 Å². The standard InChI is InChI=1S/C22H34N2O6/c1-5-8-12-23(11-6-2)19(27)17-22-10-9-21(4,30-22)16(20(28)29-7-3)15(22)18(26)24(17)13-14-25/h6,15-17,25H,2,5,7-14H2,1,3-4H3/t15-,16+,17?,21-,22?/m0/s1. The average molecular weight is 423 g/mol. The van der Waals surface area contributed by atoms with E-state index < -0.39 is 35.0 Å². The molecule has 8 nitrogen and oxygen atoms in total. The lowest BCUT2D eigenvalue weighted by molar-refractivity contribution is -0.160. The molecule has 3 aliphatic heterocycles. The Morgan fingerprint density at radius 3 is 2.73 bits per heavy atom. The zero-order valence-electron chi connectivity index (χ0n) is 18.3. The maximum absolute atomic E-state index is 13.7. The Labute approximate surface area is 178 Å². The van der Waals surface area contributed by atoms with Gasteiger partial charge in [0, 0.05) is 19.6 Å². The molecule has 1 spiro atoms. The summed E-state index contributed by atoms with van der Waals surface area (Å²) < 4.78 is 11.7. The number of carbonyl (C=O) groups is 3. The van der Waals surface area contributed by atoms with E-state index in [1.54, 1.807) is 17.9 Å². The zero-order chi connectivity index (χ0) is 22.1. The van der Waals surface area contributed by atoms with E-state index in [1.165, 1.54) is 4.90 Å². The summed E-state index contributed by atoms with van der Waals surface area (Å²) in [5.41, 5.74) is -1.90. The smallest absolute Gasteiger partial charge is 0.312 e. The molecule has 2 unspecified atom stereocenters. The normalized spacial score (nSPS) is 34.2. The Balaban J connectivity index is 2.02. The number of hydrogen-bond acceptors (Lipinski definition) is 6. The average Bonchev–Trinajstić information content (AvgIpc) is 3.27. The minimum absolute atomic E-state index is 0.0266. The molecular formula is C22H34N2O6. The SMILES string of the molecule is C=CCN(CCCC)C(=O)C1N(CCO)C(=O)[C@@H]2[C@H](C(=O)OCC)[C@]3(C)CCC12O3. The number of amides is 2. The molecule has 3 fully saturated rings. The van der Waals surface area contributed by atoms with Crippen molar-refractivity contribution in [2.24, 2.45) is 11.8 Å². The lowest BCUT2D eigenvalue weighted by Crippen LogP contribution is -2.56. The first-order valence-electron chi connectivity index (χ1n) is 11.0. The van der Waals surface area contributed by atoms with Crippen molar-refractivity contribution in [2.75, 3.05) is 32.8 Å². The molecular weight excluding hydrogens is 388 g/mol. The van der Waals surface area contributed by atoms with Crippen molar-refractivity contribution in [2.45, 2.75) is 63.7 Å². The van der Waals surface area contributed by atoms with Gasteiger partial charge >= 0.3 is 5.97 Å². The van der Waals surface area contributed by atoms with Crippen LogP contribution in [0.15, 0.2) is 12.7 Å². The lowest BCUT2D eigenvalue weighted by Gasteiger charge is -2.36. The van der Waals surface area contributed by atoms with Crippen molar-refractivity contribution in [3.63, 3.8) is 0 Å². The van der Waals surface area contributed by atoms with Gasteiger partial charge < -0.3 is 24.4 Å². The highest BCUT2D eigenvalue weighted by molar-refractivity contribution is 5.98. The number of aliphatic hydroxyl groups excluding tert-OH is 1. The van der Waals surface area contributed by atoms with Crippen LogP contribution in [0.3, 0.4) is 0 Å². The Bertz CT molecular complexity index is 712. The molecule has 30 heavy (non-hydrogen) atoms. The molecule has 1 N–H and O–H groups in total.